The number of nitrogens with zero attached hydrogens (tertiary/aromatic N) is 2. The first-order valence-electron chi connectivity index (χ1n) is 7.66. The van der Waals surface area contributed by atoms with Crippen LogP contribution >= 0.6 is 0 Å². The van der Waals surface area contributed by atoms with Gasteiger partial charge in [0.15, 0.2) is 5.82 Å². The lowest BCUT2D eigenvalue weighted by Gasteiger charge is -2.34. The van der Waals surface area contributed by atoms with Crippen molar-refractivity contribution in [2.75, 3.05) is 10.5 Å². The maximum atomic E-state index is 11.7. The first-order chi connectivity index (χ1) is 10.9. The first-order valence-corrected chi connectivity index (χ1v) is 9.31. The highest BCUT2D eigenvalue weighted by Crippen LogP contribution is 2.37. The molecule has 0 radical (unpaired) electrons. The van der Waals surface area contributed by atoms with Gasteiger partial charge in [-0.3, -0.25) is 4.72 Å². The van der Waals surface area contributed by atoms with Crippen LogP contribution in [0.15, 0.2) is 28.8 Å². The maximum absolute atomic E-state index is 11.7. The quantitative estimate of drug-likeness (QED) is 0.836. The van der Waals surface area contributed by atoms with Gasteiger partial charge in [0, 0.05) is 11.3 Å². The highest BCUT2D eigenvalue weighted by Gasteiger charge is 2.39. The van der Waals surface area contributed by atoms with Gasteiger partial charge in [0.2, 0.25) is 10.0 Å². The predicted octanol–water partition coefficient (Wildman–Crippen LogP) is 2.23. The summed E-state index contributed by atoms with van der Waals surface area (Å²) < 4.78 is 31.3. The minimum absolute atomic E-state index is 0.0976. The molecule has 3 rings (SSSR count). The predicted molar refractivity (Wildman–Crippen MR) is 87.2 cm³/mol. The molecule has 0 bridgehead atoms. The lowest BCUT2D eigenvalue weighted by molar-refractivity contribution is 0.229. The standard InChI is InChI=1S/C15H20N4O3S/c1-2-10-23(20,21)19-12-6-4-11(5-7-12)13-17-14(18-22-13)15(16)8-3-9-15/h4-7,19H,2-3,8-10,16H2,1H3. The van der Waals surface area contributed by atoms with Gasteiger partial charge in [-0.25, -0.2) is 8.42 Å². The van der Waals surface area contributed by atoms with Crippen LogP contribution in [-0.2, 0) is 15.6 Å². The summed E-state index contributed by atoms with van der Waals surface area (Å²) in [6, 6.07) is 6.83. The third kappa shape index (κ3) is 3.37. The highest BCUT2D eigenvalue weighted by atomic mass is 32.2. The number of benzene rings is 1. The topological polar surface area (TPSA) is 111 Å². The van der Waals surface area contributed by atoms with Gasteiger partial charge in [-0.2, -0.15) is 4.98 Å². The molecule has 2 aromatic rings. The lowest BCUT2D eigenvalue weighted by Crippen LogP contribution is -2.44. The van der Waals surface area contributed by atoms with E-state index in [2.05, 4.69) is 14.9 Å². The summed E-state index contributed by atoms with van der Waals surface area (Å²) >= 11 is 0. The molecule has 124 valence electrons. The van der Waals surface area contributed by atoms with Crippen LogP contribution in [0.25, 0.3) is 11.5 Å². The molecule has 0 spiro atoms. The van der Waals surface area contributed by atoms with Crippen molar-refractivity contribution in [1.29, 1.82) is 0 Å². The Kier molecular flexibility index (Phi) is 4.11. The Morgan fingerprint density at radius 3 is 2.57 bits per heavy atom. The highest BCUT2D eigenvalue weighted by molar-refractivity contribution is 7.92. The van der Waals surface area contributed by atoms with Gasteiger partial charge in [0.25, 0.3) is 5.89 Å². The number of nitrogens with one attached hydrogen (secondary N) is 1. The Hall–Kier alpha value is -1.93. The minimum Gasteiger partial charge on any atom is -0.334 e. The van der Waals surface area contributed by atoms with E-state index >= 15 is 0 Å². The van der Waals surface area contributed by atoms with Crippen molar-refractivity contribution in [3.8, 4) is 11.5 Å². The molecule has 0 saturated heterocycles. The number of rotatable bonds is 6. The molecule has 1 saturated carbocycles. The minimum atomic E-state index is -3.29. The molecule has 1 aliphatic rings. The van der Waals surface area contributed by atoms with E-state index < -0.39 is 15.6 Å². The normalized spacial score (nSPS) is 16.8. The van der Waals surface area contributed by atoms with Crippen LogP contribution in [0, 0.1) is 0 Å². The van der Waals surface area contributed by atoms with Gasteiger partial charge in [0.05, 0.1) is 11.3 Å². The molecular formula is C15H20N4O3S. The SMILES string of the molecule is CCCS(=O)(=O)Nc1ccc(-c2nc(C3(N)CCC3)no2)cc1. The first kappa shape index (κ1) is 15.9. The van der Waals surface area contributed by atoms with E-state index in [1.807, 2.05) is 6.92 Å². The van der Waals surface area contributed by atoms with Crippen molar-refractivity contribution in [1.82, 2.24) is 10.1 Å². The van der Waals surface area contributed by atoms with Crippen molar-refractivity contribution in [3.63, 3.8) is 0 Å². The molecule has 23 heavy (non-hydrogen) atoms. The Morgan fingerprint density at radius 1 is 1.30 bits per heavy atom. The van der Waals surface area contributed by atoms with Gasteiger partial charge >= 0.3 is 0 Å². The zero-order chi connectivity index (χ0) is 16.5. The van der Waals surface area contributed by atoms with E-state index in [0.717, 1.165) is 24.8 Å². The second-order valence-corrected chi connectivity index (χ2v) is 7.77. The Labute approximate surface area is 135 Å². The van der Waals surface area contributed by atoms with Crippen LogP contribution in [0.3, 0.4) is 0 Å². The number of hydrogen-bond donors (Lipinski definition) is 2. The fourth-order valence-corrected chi connectivity index (χ4v) is 3.64. The molecule has 1 aliphatic carbocycles. The zero-order valence-corrected chi connectivity index (χ0v) is 13.8. The summed E-state index contributed by atoms with van der Waals surface area (Å²) in [6.45, 7) is 1.82. The van der Waals surface area contributed by atoms with E-state index in [1.54, 1.807) is 24.3 Å². The molecule has 1 fully saturated rings. The lowest BCUT2D eigenvalue weighted by atomic mass is 9.77. The third-order valence-corrected chi connectivity index (χ3v) is 5.49. The number of hydrogen-bond acceptors (Lipinski definition) is 6. The number of sulfonamides is 1. The average molecular weight is 336 g/mol. The number of aromatic nitrogens is 2. The monoisotopic (exact) mass is 336 g/mol. The van der Waals surface area contributed by atoms with Gasteiger partial charge < -0.3 is 10.3 Å². The fraction of sp³-hybridized carbons (Fsp3) is 0.467. The molecule has 3 N–H and O–H groups in total. The van der Waals surface area contributed by atoms with Crippen molar-refractivity contribution in [2.24, 2.45) is 5.73 Å². The van der Waals surface area contributed by atoms with E-state index in [0.29, 0.717) is 23.8 Å². The largest absolute Gasteiger partial charge is 0.334 e. The summed E-state index contributed by atoms with van der Waals surface area (Å²) in [6.07, 6.45) is 3.38. The van der Waals surface area contributed by atoms with E-state index in [1.165, 1.54) is 0 Å². The van der Waals surface area contributed by atoms with Crippen molar-refractivity contribution in [3.05, 3.63) is 30.1 Å². The van der Waals surface area contributed by atoms with Crippen LogP contribution in [0.4, 0.5) is 5.69 Å². The summed E-state index contributed by atoms with van der Waals surface area (Å²) in [5.74, 6) is 1.02. The van der Waals surface area contributed by atoms with Crippen LogP contribution in [-0.4, -0.2) is 24.3 Å². The molecule has 7 nitrogen and oxygen atoms in total. The Bertz CT molecular complexity index is 779. The summed E-state index contributed by atoms with van der Waals surface area (Å²) in [5, 5.41) is 3.97. The summed E-state index contributed by atoms with van der Waals surface area (Å²) in [4.78, 5) is 4.37. The molecule has 8 heteroatoms. The molecule has 0 unspecified atom stereocenters. The van der Waals surface area contributed by atoms with Crippen molar-refractivity contribution >= 4 is 15.7 Å². The number of anilines is 1. The Balaban J connectivity index is 1.75. The molecule has 1 aromatic heterocycles. The second-order valence-electron chi connectivity index (χ2n) is 5.93. The van der Waals surface area contributed by atoms with Gasteiger partial charge in [-0.15, -0.1) is 0 Å². The van der Waals surface area contributed by atoms with Crippen LogP contribution in [0.1, 0.15) is 38.4 Å². The number of nitrogens with two attached hydrogens (primary N) is 1. The molecule has 0 atom stereocenters. The van der Waals surface area contributed by atoms with E-state index in [4.69, 9.17) is 10.3 Å². The fourth-order valence-electron chi connectivity index (χ4n) is 2.50. The maximum Gasteiger partial charge on any atom is 0.257 e. The van der Waals surface area contributed by atoms with E-state index in [-0.39, 0.29) is 5.75 Å². The zero-order valence-electron chi connectivity index (χ0n) is 12.9. The smallest absolute Gasteiger partial charge is 0.257 e. The van der Waals surface area contributed by atoms with Crippen LogP contribution < -0.4 is 10.5 Å². The molecule has 0 aliphatic heterocycles. The summed E-state index contributed by atoms with van der Waals surface area (Å²) in [7, 11) is -3.29. The Morgan fingerprint density at radius 2 is 2.00 bits per heavy atom. The molecular weight excluding hydrogens is 316 g/mol. The van der Waals surface area contributed by atoms with Gasteiger partial charge in [0.1, 0.15) is 0 Å². The summed E-state index contributed by atoms with van der Waals surface area (Å²) in [5.41, 5.74) is 6.95. The molecule has 1 aromatic carbocycles. The van der Waals surface area contributed by atoms with Gasteiger partial charge in [-0.05, 0) is 49.9 Å². The van der Waals surface area contributed by atoms with Crippen LogP contribution in [0.5, 0.6) is 0 Å². The molecule has 1 heterocycles. The van der Waals surface area contributed by atoms with Crippen molar-refractivity contribution in [2.45, 2.75) is 38.1 Å². The van der Waals surface area contributed by atoms with Crippen LogP contribution in [0.2, 0.25) is 0 Å². The van der Waals surface area contributed by atoms with Gasteiger partial charge in [-0.1, -0.05) is 12.1 Å². The van der Waals surface area contributed by atoms with Crippen molar-refractivity contribution < 1.29 is 12.9 Å². The second kappa shape index (κ2) is 5.93. The molecule has 0 amide bonds. The third-order valence-electron chi connectivity index (χ3n) is 4.00. The average Bonchev–Trinajstić information content (AvgIpc) is 2.95. The van der Waals surface area contributed by atoms with E-state index in [9.17, 15) is 8.42 Å².